The lowest BCUT2D eigenvalue weighted by Gasteiger charge is -2.19. The van der Waals surface area contributed by atoms with Crippen LogP contribution in [-0.4, -0.2) is 17.5 Å². The molecular weight excluding hydrogens is 404 g/mol. The number of aromatic nitrogens is 1. The molecule has 0 aliphatic carbocycles. The van der Waals surface area contributed by atoms with Gasteiger partial charge >= 0.3 is 0 Å². The first kappa shape index (κ1) is 20.8. The molecule has 3 aromatic carbocycles. The lowest BCUT2D eigenvalue weighted by molar-refractivity contribution is -0.121. The summed E-state index contributed by atoms with van der Waals surface area (Å²) < 4.78 is 5.72. The van der Waals surface area contributed by atoms with Gasteiger partial charge in [0, 0.05) is 5.38 Å². The number of hydrogen-bond donors (Lipinski definition) is 1. The SMILES string of the molecule is CCOc1ccccc1-c1nc(CC(=O)NC(c2ccccc2)c2ccccc2)cs1. The minimum absolute atomic E-state index is 0.0624. The van der Waals surface area contributed by atoms with E-state index in [9.17, 15) is 4.79 Å². The highest BCUT2D eigenvalue weighted by molar-refractivity contribution is 7.13. The zero-order valence-electron chi connectivity index (χ0n) is 17.3. The fraction of sp³-hybridized carbons (Fsp3) is 0.154. The Bertz CT molecular complexity index is 1090. The number of thiazole rings is 1. The van der Waals surface area contributed by atoms with Crippen LogP contribution in [0.25, 0.3) is 10.6 Å². The molecule has 5 heteroatoms. The van der Waals surface area contributed by atoms with Gasteiger partial charge < -0.3 is 10.1 Å². The van der Waals surface area contributed by atoms with E-state index < -0.39 is 0 Å². The lowest BCUT2D eigenvalue weighted by atomic mass is 9.98. The molecule has 1 heterocycles. The van der Waals surface area contributed by atoms with Crippen molar-refractivity contribution in [2.45, 2.75) is 19.4 Å². The second-order valence-corrected chi connectivity index (χ2v) is 7.93. The largest absolute Gasteiger partial charge is 0.493 e. The molecule has 0 bridgehead atoms. The number of hydrogen-bond acceptors (Lipinski definition) is 4. The van der Waals surface area contributed by atoms with E-state index in [-0.39, 0.29) is 18.4 Å². The summed E-state index contributed by atoms with van der Waals surface area (Å²) in [5, 5.41) is 5.98. The molecule has 4 nitrogen and oxygen atoms in total. The van der Waals surface area contributed by atoms with Gasteiger partial charge in [0.25, 0.3) is 0 Å². The third kappa shape index (κ3) is 5.19. The molecule has 4 rings (SSSR count). The van der Waals surface area contributed by atoms with Crippen molar-refractivity contribution in [1.82, 2.24) is 10.3 Å². The number of para-hydroxylation sites is 1. The molecule has 1 N–H and O–H groups in total. The van der Waals surface area contributed by atoms with Gasteiger partial charge in [-0.25, -0.2) is 4.98 Å². The van der Waals surface area contributed by atoms with Crippen LogP contribution in [0.2, 0.25) is 0 Å². The van der Waals surface area contributed by atoms with Crippen LogP contribution in [0.4, 0.5) is 0 Å². The quantitative estimate of drug-likeness (QED) is 0.394. The average molecular weight is 429 g/mol. The Morgan fingerprint density at radius 2 is 1.55 bits per heavy atom. The van der Waals surface area contributed by atoms with Gasteiger partial charge in [0.1, 0.15) is 10.8 Å². The molecule has 0 radical (unpaired) electrons. The summed E-state index contributed by atoms with van der Waals surface area (Å²) in [6.07, 6.45) is 0.226. The summed E-state index contributed by atoms with van der Waals surface area (Å²) in [5.74, 6) is 0.747. The molecule has 0 saturated carbocycles. The van der Waals surface area contributed by atoms with E-state index in [1.165, 1.54) is 11.3 Å². The number of ether oxygens (including phenoxy) is 1. The van der Waals surface area contributed by atoms with Gasteiger partial charge in [-0.05, 0) is 30.2 Å². The second kappa shape index (κ2) is 10.0. The molecule has 4 aromatic rings. The Morgan fingerprint density at radius 1 is 0.935 bits per heavy atom. The first-order valence-electron chi connectivity index (χ1n) is 10.3. The Hall–Kier alpha value is -3.44. The van der Waals surface area contributed by atoms with Gasteiger partial charge in [0.2, 0.25) is 5.91 Å². The van der Waals surface area contributed by atoms with Crippen LogP contribution >= 0.6 is 11.3 Å². The zero-order chi connectivity index (χ0) is 21.5. The van der Waals surface area contributed by atoms with Crippen LogP contribution in [-0.2, 0) is 11.2 Å². The second-order valence-electron chi connectivity index (χ2n) is 7.07. The first-order valence-corrected chi connectivity index (χ1v) is 11.2. The van der Waals surface area contributed by atoms with Crippen LogP contribution in [0.5, 0.6) is 5.75 Å². The minimum atomic E-state index is -0.202. The topological polar surface area (TPSA) is 51.2 Å². The van der Waals surface area contributed by atoms with Crippen molar-refractivity contribution in [3.63, 3.8) is 0 Å². The number of nitrogens with zero attached hydrogens (tertiary/aromatic N) is 1. The van der Waals surface area contributed by atoms with Crippen molar-refractivity contribution in [3.8, 4) is 16.3 Å². The van der Waals surface area contributed by atoms with Gasteiger partial charge in [-0.1, -0.05) is 72.8 Å². The Balaban J connectivity index is 1.51. The lowest BCUT2D eigenvalue weighted by Crippen LogP contribution is -2.30. The van der Waals surface area contributed by atoms with Crippen molar-refractivity contribution < 1.29 is 9.53 Å². The highest BCUT2D eigenvalue weighted by atomic mass is 32.1. The maximum Gasteiger partial charge on any atom is 0.226 e. The third-order valence-corrected chi connectivity index (χ3v) is 5.81. The zero-order valence-corrected chi connectivity index (χ0v) is 18.1. The predicted molar refractivity (Wildman–Crippen MR) is 125 cm³/mol. The maximum absolute atomic E-state index is 12.9. The van der Waals surface area contributed by atoms with Crippen LogP contribution in [0, 0.1) is 0 Å². The minimum Gasteiger partial charge on any atom is -0.493 e. The summed E-state index contributed by atoms with van der Waals surface area (Å²) in [6, 6.07) is 27.7. The first-order chi connectivity index (χ1) is 15.2. The van der Waals surface area contributed by atoms with Crippen LogP contribution in [0.1, 0.15) is 29.8 Å². The molecule has 31 heavy (non-hydrogen) atoms. The highest BCUT2D eigenvalue weighted by Gasteiger charge is 2.18. The number of rotatable bonds is 8. The summed E-state index contributed by atoms with van der Waals surface area (Å²) in [6.45, 7) is 2.56. The van der Waals surface area contributed by atoms with Crippen molar-refractivity contribution >= 4 is 17.2 Å². The van der Waals surface area contributed by atoms with Gasteiger partial charge in [-0.15, -0.1) is 11.3 Å². The fourth-order valence-corrected chi connectivity index (χ4v) is 4.31. The monoisotopic (exact) mass is 428 g/mol. The van der Waals surface area contributed by atoms with Crippen LogP contribution < -0.4 is 10.1 Å². The Morgan fingerprint density at radius 3 is 2.19 bits per heavy atom. The molecule has 0 atom stereocenters. The summed E-state index contributed by atoms with van der Waals surface area (Å²) >= 11 is 1.53. The molecule has 0 spiro atoms. The Kier molecular flexibility index (Phi) is 6.75. The third-order valence-electron chi connectivity index (χ3n) is 4.88. The number of amides is 1. The molecular formula is C26H24N2O2S. The fourth-order valence-electron chi connectivity index (χ4n) is 3.46. The van der Waals surface area contributed by atoms with Crippen molar-refractivity contribution in [3.05, 3.63) is 107 Å². The Labute approximate surface area is 186 Å². The predicted octanol–water partition coefficient (Wildman–Crippen LogP) is 5.66. The number of benzene rings is 3. The van der Waals surface area contributed by atoms with Crippen molar-refractivity contribution in [1.29, 1.82) is 0 Å². The number of nitrogens with one attached hydrogen (secondary N) is 1. The number of carbonyl (C=O) groups is 1. The normalized spacial score (nSPS) is 10.8. The molecule has 0 saturated heterocycles. The molecule has 0 unspecified atom stereocenters. The van der Waals surface area contributed by atoms with Gasteiger partial charge in [0.15, 0.2) is 0 Å². The van der Waals surface area contributed by atoms with Gasteiger partial charge in [-0.2, -0.15) is 0 Å². The average Bonchev–Trinajstić information content (AvgIpc) is 3.27. The molecule has 156 valence electrons. The molecule has 0 aliphatic rings. The van der Waals surface area contributed by atoms with E-state index in [2.05, 4.69) is 5.32 Å². The van der Waals surface area contributed by atoms with Gasteiger partial charge in [0.05, 0.1) is 30.3 Å². The molecule has 0 aliphatic heterocycles. The van der Waals surface area contributed by atoms with E-state index in [0.717, 1.165) is 33.1 Å². The van der Waals surface area contributed by atoms with E-state index in [0.29, 0.717) is 6.61 Å². The van der Waals surface area contributed by atoms with Crippen molar-refractivity contribution in [2.75, 3.05) is 6.61 Å². The molecule has 1 amide bonds. The smallest absolute Gasteiger partial charge is 0.226 e. The maximum atomic E-state index is 12.9. The molecule has 1 aromatic heterocycles. The van der Waals surface area contributed by atoms with E-state index in [1.807, 2.05) is 97.2 Å². The van der Waals surface area contributed by atoms with E-state index in [4.69, 9.17) is 9.72 Å². The van der Waals surface area contributed by atoms with Crippen LogP contribution in [0.3, 0.4) is 0 Å². The number of carbonyl (C=O) groups excluding carboxylic acids is 1. The summed E-state index contributed by atoms with van der Waals surface area (Å²) in [5.41, 5.74) is 3.80. The van der Waals surface area contributed by atoms with Gasteiger partial charge in [-0.3, -0.25) is 4.79 Å². The van der Waals surface area contributed by atoms with Crippen molar-refractivity contribution in [2.24, 2.45) is 0 Å². The highest BCUT2D eigenvalue weighted by Crippen LogP contribution is 2.32. The standard InChI is InChI=1S/C26H24N2O2S/c1-2-30-23-16-10-9-15-22(23)26-27-21(18-31-26)17-24(29)28-25(19-11-5-3-6-12-19)20-13-7-4-8-14-20/h3-16,18,25H,2,17H2,1H3,(H,28,29). The van der Waals surface area contributed by atoms with E-state index >= 15 is 0 Å². The van der Waals surface area contributed by atoms with E-state index in [1.54, 1.807) is 0 Å². The summed E-state index contributed by atoms with van der Waals surface area (Å²) in [7, 11) is 0. The van der Waals surface area contributed by atoms with Crippen LogP contribution in [0.15, 0.2) is 90.3 Å². The summed E-state index contributed by atoms with van der Waals surface area (Å²) in [4.78, 5) is 17.6. The molecule has 0 fully saturated rings.